The Morgan fingerprint density at radius 3 is 2.42 bits per heavy atom. The van der Waals surface area contributed by atoms with E-state index in [1.807, 2.05) is 24.3 Å². The maximum absolute atomic E-state index is 13.7. The lowest BCUT2D eigenvalue weighted by Crippen LogP contribution is -2.13. The van der Waals surface area contributed by atoms with Crippen LogP contribution in [0.3, 0.4) is 0 Å². The summed E-state index contributed by atoms with van der Waals surface area (Å²) in [6.07, 6.45) is 5.93. The van der Waals surface area contributed by atoms with Crippen LogP contribution in [-0.4, -0.2) is 44.7 Å². The minimum absolute atomic E-state index is 0.0608. The number of carboxylic acids is 1. The number of nitrogens with zero attached hydrogens (tertiary/aromatic N) is 3. The van der Waals surface area contributed by atoms with Crippen molar-refractivity contribution in [3.63, 3.8) is 0 Å². The van der Waals surface area contributed by atoms with Crippen molar-refractivity contribution in [2.75, 3.05) is 12.4 Å². The number of rotatable bonds is 8. The first kappa shape index (κ1) is 21.9. The summed E-state index contributed by atoms with van der Waals surface area (Å²) in [6.45, 7) is 0. The molecule has 0 amide bonds. The third-order valence-corrected chi connectivity index (χ3v) is 10.5. The van der Waals surface area contributed by atoms with Crippen LogP contribution in [0.4, 0.5) is 11.4 Å². The van der Waals surface area contributed by atoms with E-state index in [-0.39, 0.29) is 16.5 Å². The van der Waals surface area contributed by atoms with E-state index in [1.165, 1.54) is 13.2 Å². The SMILES string of the molecule is COc1c(Nc2cc(Cl)nnc2C(=O)O)cccc1-c1ccc(P(=O)(C2CC2)C2CC2)cn1. The van der Waals surface area contributed by atoms with Gasteiger partial charge in [-0.3, -0.25) is 4.98 Å². The van der Waals surface area contributed by atoms with Gasteiger partial charge < -0.3 is 19.7 Å². The van der Waals surface area contributed by atoms with Crippen molar-refractivity contribution in [2.45, 2.75) is 37.0 Å². The summed E-state index contributed by atoms with van der Waals surface area (Å²) in [7, 11) is -0.855. The smallest absolute Gasteiger partial charge is 0.358 e. The van der Waals surface area contributed by atoms with Crippen LogP contribution in [0.25, 0.3) is 11.3 Å². The number of aromatic nitrogens is 3. The summed E-state index contributed by atoms with van der Waals surface area (Å²) < 4.78 is 19.4. The standard InChI is InChI=1S/C23H22ClN4O4P/c1-32-22-16(3-2-4-18(22)26-19-11-20(24)27-28-21(19)23(29)30)17-10-9-15(12-25-17)33(31,13-5-6-13)14-7-8-14/h2-4,9-14H,5-8H2,1H3,(H,26,27)(H,29,30). The molecule has 170 valence electrons. The van der Waals surface area contributed by atoms with Crippen molar-refractivity contribution in [1.29, 1.82) is 0 Å². The number of hydrogen-bond donors (Lipinski definition) is 2. The molecule has 5 rings (SSSR count). The third kappa shape index (κ3) is 4.09. The zero-order valence-electron chi connectivity index (χ0n) is 17.9. The Labute approximate surface area is 195 Å². The van der Waals surface area contributed by atoms with Gasteiger partial charge in [0.05, 0.1) is 24.2 Å². The van der Waals surface area contributed by atoms with Gasteiger partial charge in [0.1, 0.15) is 7.14 Å². The molecule has 8 nitrogen and oxygen atoms in total. The molecule has 2 fully saturated rings. The Bertz CT molecular complexity index is 1260. The Morgan fingerprint density at radius 2 is 1.85 bits per heavy atom. The second kappa shape index (κ2) is 8.43. The van der Waals surface area contributed by atoms with E-state index in [9.17, 15) is 14.5 Å². The highest BCUT2D eigenvalue weighted by Crippen LogP contribution is 2.69. The average Bonchev–Trinajstić information content (AvgIpc) is 3.71. The molecule has 10 heteroatoms. The Kier molecular flexibility index (Phi) is 5.59. The molecule has 0 atom stereocenters. The first-order valence-corrected chi connectivity index (χ1v) is 12.9. The highest BCUT2D eigenvalue weighted by molar-refractivity contribution is 7.73. The molecule has 2 aromatic heterocycles. The molecule has 0 spiro atoms. The van der Waals surface area contributed by atoms with E-state index in [1.54, 1.807) is 12.3 Å². The first-order chi connectivity index (χ1) is 15.9. The monoisotopic (exact) mass is 484 g/mol. The van der Waals surface area contributed by atoms with Crippen LogP contribution < -0.4 is 15.4 Å². The fourth-order valence-electron chi connectivity index (χ4n) is 4.21. The zero-order valence-corrected chi connectivity index (χ0v) is 19.5. The van der Waals surface area contributed by atoms with E-state index in [4.69, 9.17) is 16.3 Å². The number of nitrogens with one attached hydrogen (secondary N) is 1. The minimum atomic E-state index is -2.39. The van der Waals surface area contributed by atoms with Gasteiger partial charge in [-0.15, -0.1) is 10.2 Å². The van der Waals surface area contributed by atoms with Crippen molar-refractivity contribution >= 4 is 41.4 Å². The second-order valence-corrected chi connectivity index (χ2v) is 12.1. The van der Waals surface area contributed by atoms with Crippen molar-refractivity contribution in [3.05, 3.63) is 53.4 Å². The van der Waals surface area contributed by atoms with Crippen LogP contribution in [0.2, 0.25) is 5.15 Å². The van der Waals surface area contributed by atoms with Crippen molar-refractivity contribution < 1.29 is 19.2 Å². The summed E-state index contributed by atoms with van der Waals surface area (Å²) in [5.74, 6) is -0.751. The molecule has 0 bridgehead atoms. The largest absolute Gasteiger partial charge is 0.494 e. The number of hydrogen-bond acceptors (Lipinski definition) is 7. The normalized spacial score (nSPS) is 15.8. The predicted octanol–water partition coefficient (Wildman–Crippen LogP) is 4.96. The Balaban J connectivity index is 1.49. The number of benzene rings is 1. The predicted molar refractivity (Wildman–Crippen MR) is 127 cm³/mol. The van der Waals surface area contributed by atoms with Crippen LogP contribution >= 0.6 is 18.7 Å². The number of methoxy groups -OCH3 is 1. The highest BCUT2D eigenvalue weighted by Gasteiger charge is 2.51. The number of ether oxygens (including phenoxy) is 1. The fourth-order valence-corrected chi connectivity index (χ4v) is 8.18. The summed E-state index contributed by atoms with van der Waals surface area (Å²) in [5.41, 5.74) is 2.48. The van der Waals surface area contributed by atoms with Crippen LogP contribution in [0.1, 0.15) is 36.2 Å². The summed E-state index contributed by atoms with van der Waals surface area (Å²) >= 11 is 5.92. The number of anilines is 2. The maximum atomic E-state index is 13.7. The van der Waals surface area contributed by atoms with Crippen LogP contribution in [-0.2, 0) is 4.57 Å². The van der Waals surface area contributed by atoms with E-state index in [0.717, 1.165) is 31.0 Å². The molecule has 0 aliphatic heterocycles. The molecular weight excluding hydrogens is 463 g/mol. The number of pyridine rings is 1. The number of carboxylic acid groups (broad SMARTS) is 1. The molecule has 0 unspecified atom stereocenters. The van der Waals surface area contributed by atoms with Gasteiger partial charge in [0.25, 0.3) is 0 Å². The van der Waals surface area contributed by atoms with Gasteiger partial charge >= 0.3 is 5.97 Å². The number of halogens is 1. The lowest BCUT2D eigenvalue weighted by atomic mass is 10.1. The van der Waals surface area contributed by atoms with E-state index >= 15 is 0 Å². The quantitative estimate of drug-likeness (QED) is 0.431. The number of carbonyl (C=O) groups is 1. The lowest BCUT2D eigenvalue weighted by Gasteiger charge is -2.18. The molecular formula is C23H22ClN4O4P. The fraction of sp³-hybridized carbons (Fsp3) is 0.304. The zero-order chi connectivity index (χ0) is 23.2. The maximum Gasteiger partial charge on any atom is 0.358 e. The van der Waals surface area contributed by atoms with Gasteiger partial charge in [-0.25, -0.2) is 4.79 Å². The van der Waals surface area contributed by atoms with Crippen LogP contribution in [0, 0.1) is 0 Å². The minimum Gasteiger partial charge on any atom is -0.494 e. The molecule has 2 aliphatic rings. The number of aromatic carboxylic acids is 1. The van der Waals surface area contributed by atoms with Crippen molar-refractivity contribution in [3.8, 4) is 17.0 Å². The van der Waals surface area contributed by atoms with Crippen LogP contribution in [0.15, 0.2) is 42.6 Å². The third-order valence-electron chi connectivity index (χ3n) is 6.06. The first-order valence-electron chi connectivity index (χ1n) is 10.7. The summed E-state index contributed by atoms with van der Waals surface area (Å²) in [6, 6.07) is 10.6. The molecule has 1 aromatic carbocycles. The molecule has 0 radical (unpaired) electrons. The van der Waals surface area contributed by atoms with E-state index < -0.39 is 13.1 Å². The van der Waals surface area contributed by atoms with Gasteiger partial charge in [-0.2, -0.15) is 0 Å². The molecule has 0 saturated heterocycles. The Hall–Kier alpha value is -2.96. The van der Waals surface area contributed by atoms with Crippen molar-refractivity contribution in [2.24, 2.45) is 0 Å². The lowest BCUT2D eigenvalue weighted by molar-refractivity contribution is 0.0690. The molecule has 2 aliphatic carbocycles. The molecule has 33 heavy (non-hydrogen) atoms. The van der Waals surface area contributed by atoms with Crippen molar-refractivity contribution in [1.82, 2.24) is 15.2 Å². The number of para-hydroxylation sites is 1. The molecule has 2 heterocycles. The topological polar surface area (TPSA) is 114 Å². The second-order valence-electron chi connectivity index (χ2n) is 8.32. The van der Waals surface area contributed by atoms with Gasteiger partial charge in [0, 0.05) is 34.4 Å². The molecule has 2 saturated carbocycles. The van der Waals surface area contributed by atoms with Gasteiger partial charge in [0.15, 0.2) is 16.6 Å². The van der Waals surface area contributed by atoms with E-state index in [2.05, 4.69) is 20.5 Å². The highest BCUT2D eigenvalue weighted by atomic mass is 35.5. The summed E-state index contributed by atoms with van der Waals surface area (Å²) in [4.78, 5) is 16.2. The van der Waals surface area contributed by atoms with Gasteiger partial charge in [-0.1, -0.05) is 17.7 Å². The molecule has 2 N–H and O–H groups in total. The van der Waals surface area contributed by atoms with Gasteiger partial charge in [0.2, 0.25) is 0 Å². The van der Waals surface area contributed by atoms with Crippen LogP contribution in [0.5, 0.6) is 5.75 Å². The van der Waals surface area contributed by atoms with E-state index in [0.29, 0.717) is 34.0 Å². The molecule has 3 aromatic rings. The summed E-state index contributed by atoms with van der Waals surface area (Å²) in [5, 5.41) is 20.7. The Morgan fingerprint density at radius 1 is 1.12 bits per heavy atom. The van der Waals surface area contributed by atoms with Gasteiger partial charge in [-0.05, 0) is 49.9 Å². The average molecular weight is 485 g/mol.